The molecule has 0 N–H and O–H groups in total. The largest absolute Gasteiger partial charge is 0.351 e. The van der Waals surface area contributed by atoms with E-state index in [4.69, 9.17) is 0 Å². The van der Waals surface area contributed by atoms with Crippen molar-refractivity contribution in [1.29, 1.82) is 0 Å². The third-order valence-corrected chi connectivity index (χ3v) is 2.84. The molecule has 1 fully saturated rings. The highest BCUT2D eigenvalue weighted by Crippen LogP contribution is 2.17. The highest BCUT2D eigenvalue weighted by atomic mass is 19.1. The quantitative estimate of drug-likeness (QED) is 0.696. The number of aromatic nitrogens is 1. The van der Waals surface area contributed by atoms with E-state index in [1.165, 1.54) is 12.3 Å². The predicted octanol–water partition coefficient (Wildman–Crippen LogP) is 1.36. The Hall–Kier alpha value is -1.16. The zero-order valence-corrected chi connectivity index (χ0v) is 9.15. The summed E-state index contributed by atoms with van der Waals surface area (Å²) >= 11 is 0. The number of likely N-dealkylation sites (N-methyl/N-ethyl adjacent to an activating group) is 1. The van der Waals surface area contributed by atoms with Crippen molar-refractivity contribution in [3.63, 3.8) is 0 Å². The molecule has 0 aromatic carbocycles. The van der Waals surface area contributed by atoms with E-state index in [0.29, 0.717) is 6.04 Å². The van der Waals surface area contributed by atoms with Crippen LogP contribution in [0.5, 0.6) is 0 Å². The van der Waals surface area contributed by atoms with Crippen LogP contribution in [-0.2, 0) is 0 Å². The third kappa shape index (κ3) is 2.26. The third-order valence-electron chi connectivity index (χ3n) is 2.84. The van der Waals surface area contributed by atoms with Gasteiger partial charge in [-0.3, -0.25) is 0 Å². The van der Waals surface area contributed by atoms with Crippen LogP contribution in [0.15, 0.2) is 18.3 Å². The lowest BCUT2D eigenvalue weighted by molar-refractivity contribution is 0.274. The lowest BCUT2D eigenvalue weighted by atomic mass is 10.2. The molecule has 2 rings (SSSR count). The van der Waals surface area contributed by atoms with Crippen LogP contribution in [0.25, 0.3) is 0 Å². The molecule has 0 saturated carbocycles. The summed E-state index contributed by atoms with van der Waals surface area (Å²) in [4.78, 5) is 8.63. The van der Waals surface area contributed by atoms with Crippen LogP contribution < -0.4 is 4.90 Å². The fraction of sp³-hybridized carbons (Fsp3) is 0.545. The highest BCUT2D eigenvalue weighted by molar-refractivity contribution is 5.39. The minimum Gasteiger partial charge on any atom is -0.351 e. The Balaban J connectivity index is 2.13. The van der Waals surface area contributed by atoms with Gasteiger partial charge in [-0.1, -0.05) is 0 Å². The second-order valence-corrected chi connectivity index (χ2v) is 4.14. The van der Waals surface area contributed by atoms with E-state index < -0.39 is 0 Å². The second-order valence-electron chi connectivity index (χ2n) is 4.14. The van der Waals surface area contributed by atoms with E-state index in [1.807, 2.05) is 0 Å². The number of anilines is 1. The van der Waals surface area contributed by atoms with Crippen LogP contribution in [0, 0.1) is 5.82 Å². The molecule has 0 spiro atoms. The molecule has 1 aliphatic rings. The zero-order valence-electron chi connectivity index (χ0n) is 9.15. The van der Waals surface area contributed by atoms with Gasteiger partial charge in [-0.2, -0.15) is 0 Å². The van der Waals surface area contributed by atoms with E-state index in [1.54, 1.807) is 6.07 Å². The first kappa shape index (κ1) is 10.4. The molecule has 1 atom stereocenters. The van der Waals surface area contributed by atoms with E-state index in [9.17, 15) is 4.39 Å². The Morgan fingerprint density at radius 1 is 1.40 bits per heavy atom. The number of piperazine rings is 1. The fourth-order valence-corrected chi connectivity index (χ4v) is 2.02. The number of rotatable bonds is 1. The Morgan fingerprint density at radius 3 is 2.80 bits per heavy atom. The van der Waals surface area contributed by atoms with Crippen LogP contribution in [0.3, 0.4) is 0 Å². The lowest BCUT2D eigenvalue weighted by Crippen LogP contribution is -2.50. The normalized spacial score (nSPS) is 23.1. The summed E-state index contributed by atoms with van der Waals surface area (Å²) in [6, 6.07) is 3.64. The van der Waals surface area contributed by atoms with Gasteiger partial charge in [0.05, 0.1) is 6.20 Å². The number of halogens is 1. The second kappa shape index (κ2) is 4.14. The van der Waals surface area contributed by atoms with Crippen LogP contribution in [0.2, 0.25) is 0 Å². The maximum Gasteiger partial charge on any atom is 0.141 e. The van der Waals surface area contributed by atoms with Crippen LogP contribution in [0.1, 0.15) is 6.92 Å². The molecule has 0 unspecified atom stereocenters. The summed E-state index contributed by atoms with van der Waals surface area (Å²) in [7, 11) is 2.12. The van der Waals surface area contributed by atoms with Gasteiger partial charge in [0.1, 0.15) is 11.6 Å². The van der Waals surface area contributed by atoms with Crippen molar-refractivity contribution in [2.24, 2.45) is 0 Å². The summed E-state index contributed by atoms with van der Waals surface area (Å²) in [5.74, 6) is 0.595. The Bertz CT molecular complexity index is 325. The SMILES string of the molecule is C[C@H]1CN(C)CCN1c1ccc(F)cn1. The van der Waals surface area contributed by atoms with Crippen molar-refractivity contribution in [2.75, 3.05) is 31.6 Å². The topological polar surface area (TPSA) is 19.4 Å². The standard InChI is InChI=1S/C11H16FN3/c1-9-8-14(2)5-6-15(9)11-4-3-10(12)7-13-11/h3-4,7,9H,5-6,8H2,1-2H3/t9-/m0/s1. The summed E-state index contributed by atoms with van der Waals surface area (Å²) < 4.78 is 12.7. The number of hydrogen-bond donors (Lipinski definition) is 0. The molecule has 0 radical (unpaired) electrons. The van der Waals surface area contributed by atoms with Crippen molar-refractivity contribution in [1.82, 2.24) is 9.88 Å². The van der Waals surface area contributed by atoms with Crippen molar-refractivity contribution >= 4 is 5.82 Å². The molecule has 0 aliphatic carbocycles. The predicted molar refractivity (Wildman–Crippen MR) is 58.5 cm³/mol. The van der Waals surface area contributed by atoms with E-state index >= 15 is 0 Å². The molecule has 1 saturated heterocycles. The molecule has 1 aromatic heterocycles. The Morgan fingerprint density at radius 2 is 2.20 bits per heavy atom. The van der Waals surface area contributed by atoms with Crippen molar-refractivity contribution < 1.29 is 4.39 Å². The maximum atomic E-state index is 12.7. The van der Waals surface area contributed by atoms with Gasteiger partial charge in [0, 0.05) is 25.7 Å². The van der Waals surface area contributed by atoms with Gasteiger partial charge in [0.25, 0.3) is 0 Å². The maximum absolute atomic E-state index is 12.7. The summed E-state index contributed by atoms with van der Waals surface area (Å²) in [6.07, 6.45) is 1.28. The molecule has 0 amide bonds. The van der Waals surface area contributed by atoms with E-state index in [0.717, 1.165) is 25.5 Å². The summed E-state index contributed by atoms with van der Waals surface area (Å²) in [5, 5.41) is 0. The smallest absolute Gasteiger partial charge is 0.141 e. The molecule has 3 nitrogen and oxygen atoms in total. The number of nitrogens with zero attached hydrogens (tertiary/aromatic N) is 3. The molecular weight excluding hydrogens is 193 g/mol. The van der Waals surface area contributed by atoms with E-state index in [2.05, 4.69) is 28.8 Å². The average molecular weight is 209 g/mol. The molecular formula is C11H16FN3. The first-order valence-corrected chi connectivity index (χ1v) is 5.23. The highest BCUT2D eigenvalue weighted by Gasteiger charge is 2.22. The minimum absolute atomic E-state index is 0.277. The Kier molecular flexibility index (Phi) is 2.86. The first-order chi connectivity index (χ1) is 7.16. The zero-order chi connectivity index (χ0) is 10.8. The molecule has 0 bridgehead atoms. The molecule has 82 valence electrons. The van der Waals surface area contributed by atoms with Crippen molar-refractivity contribution in [3.8, 4) is 0 Å². The van der Waals surface area contributed by atoms with Gasteiger partial charge in [-0.05, 0) is 26.1 Å². The van der Waals surface area contributed by atoms with Crippen LogP contribution in [-0.4, -0.2) is 42.6 Å². The van der Waals surface area contributed by atoms with Crippen LogP contribution in [0.4, 0.5) is 10.2 Å². The van der Waals surface area contributed by atoms with Gasteiger partial charge in [0.2, 0.25) is 0 Å². The average Bonchev–Trinajstić information content (AvgIpc) is 2.20. The minimum atomic E-state index is -0.277. The van der Waals surface area contributed by atoms with Crippen molar-refractivity contribution in [3.05, 3.63) is 24.1 Å². The van der Waals surface area contributed by atoms with Gasteiger partial charge >= 0.3 is 0 Å². The van der Waals surface area contributed by atoms with E-state index in [-0.39, 0.29) is 5.82 Å². The lowest BCUT2D eigenvalue weighted by Gasteiger charge is -2.38. The fourth-order valence-electron chi connectivity index (χ4n) is 2.02. The Labute approximate surface area is 89.5 Å². The summed E-state index contributed by atoms with van der Waals surface area (Å²) in [6.45, 7) is 5.18. The number of hydrogen-bond acceptors (Lipinski definition) is 3. The van der Waals surface area contributed by atoms with Gasteiger partial charge in [-0.25, -0.2) is 9.37 Å². The molecule has 1 aliphatic heterocycles. The molecule has 15 heavy (non-hydrogen) atoms. The molecule has 2 heterocycles. The first-order valence-electron chi connectivity index (χ1n) is 5.23. The van der Waals surface area contributed by atoms with Gasteiger partial charge < -0.3 is 9.80 Å². The monoisotopic (exact) mass is 209 g/mol. The number of pyridine rings is 1. The van der Waals surface area contributed by atoms with Gasteiger partial charge in [0.15, 0.2) is 0 Å². The summed E-state index contributed by atoms with van der Waals surface area (Å²) in [5.41, 5.74) is 0. The van der Waals surface area contributed by atoms with Gasteiger partial charge in [-0.15, -0.1) is 0 Å². The van der Waals surface area contributed by atoms with Crippen molar-refractivity contribution in [2.45, 2.75) is 13.0 Å². The molecule has 4 heteroatoms. The van der Waals surface area contributed by atoms with Crippen LogP contribution >= 0.6 is 0 Å². The molecule has 1 aromatic rings.